The van der Waals surface area contributed by atoms with E-state index in [1.54, 1.807) is 23.1 Å². The fourth-order valence-corrected chi connectivity index (χ4v) is 1.87. The van der Waals surface area contributed by atoms with Crippen LogP contribution in [0, 0.1) is 0 Å². The van der Waals surface area contributed by atoms with E-state index in [1.807, 2.05) is 6.07 Å². The van der Waals surface area contributed by atoms with E-state index in [-0.39, 0.29) is 11.8 Å². The van der Waals surface area contributed by atoms with Crippen LogP contribution in [-0.2, 0) is 0 Å². The van der Waals surface area contributed by atoms with Gasteiger partial charge in [-0.25, -0.2) is 4.79 Å². The maximum Gasteiger partial charge on any atom is 0.317 e. The van der Waals surface area contributed by atoms with Gasteiger partial charge in [-0.15, -0.1) is 0 Å². The van der Waals surface area contributed by atoms with Crippen molar-refractivity contribution in [1.82, 2.24) is 10.2 Å². The minimum Gasteiger partial charge on any atom is -0.491 e. The molecule has 1 heterocycles. The van der Waals surface area contributed by atoms with Crippen molar-refractivity contribution in [3.05, 3.63) is 29.8 Å². The number of hydrogen-bond acceptors (Lipinski definition) is 3. The largest absolute Gasteiger partial charge is 0.491 e. The van der Waals surface area contributed by atoms with E-state index in [4.69, 9.17) is 4.74 Å². The Bertz CT molecular complexity index is 459. The standard InChI is InChI=1S/C13H16N2O3/c1-10(16)11-4-2-3-5-12(11)18-9-8-15-7-6-14-13(15)17/h2-5H,6-9H2,1H3,(H,14,17). The molecule has 1 aliphatic heterocycles. The van der Waals surface area contributed by atoms with Gasteiger partial charge in [0.05, 0.1) is 12.1 Å². The molecule has 0 saturated carbocycles. The van der Waals surface area contributed by atoms with Crippen LogP contribution in [0.5, 0.6) is 5.75 Å². The first-order valence-corrected chi connectivity index (χ1v) is 5.94. The molecule has 0 aliphatic carbocycles. The molecule has 1 fully saturated rings. The summed E-state index contributed by atoms with van der Waals surface area (Å²) in [7, 11) is 0. The smallest absolute Gasteiger partial charge is 0.317 e. The third-order valence-electron chi connectivity index (χ3n) is 2.83. The van der Waals surface area contributed by atoms with Crippen LogP contribution in [0.3, 0.4) is 0 Å². The average Bonchev–Trinajstić information content (AvgIpc) is 2.76. The van der Waals surface area contributed by atoms with Gasteiger partial charge in [-0.1, -0.05) is 12.1 Å². The third-order valence-corrected chi connectivity index (χ3v) is 2.83. The van der Waals surface area contributed by atoms with Gasteiger partial charge in [0.1, 0.15) is 12.4 Å². The molecule has 1 aliphatic rings. The Morgan fingerprint density at radius 2 is 2.22 bits per heavy atom. The number of nitrogens with zero attached hydrogens (tertiary/aromatic N) is 1. The minimum absolute atomic E-state index is 0.0236. The number of carbonyl (C=O) groups is 2. The first kappa shape index (κ1) is 12.4. The first-order chi connectivity index (χ1) is 8.68. The maximum absolute atomic E-state index is 11.4. The topological polar surface area (TPSA) is 58.6 Å². The first-order valence-electron chi connectivity index (χ1n) is 5.94. The lowest BCUT2D eigenvalue weighted by Crippen LogP contribution is -2.31. The minimum atomic E-state index is -0.0570. The summed E-state index contributed by atoms with van der Waals surface area (Å²) in [5, 5.41) is 2.73. The zero-order valence-electron chi connectivity index (χ0n) is 10.3. The van der Waals surface area contributed by atoms with E-state index in [9.17, 15) is 9.59 Å². The summed E-state index contributed by atoms with van der Waals surface area (Å²) in [6.07, 6.45) is 0. The molecule has 2 rings (SSSR count). The Morgan fingerprint density at radius 1 is 1.44 bits per heavy atom. The number of ketones is 1. The molecule has 0 atom stereocenters. The van der Waals surface area contributed by atoms with Crippen LogP contribution in [0.1, 0.15) is 17.3 Å². The van der Waals surface area contributed by atoms with Gasteiger partial charge in [-0.2, -0.15) is 0 Å². The summed E-state index contributed by atoms with van der Waals surface area (Å²) in [4.78, 5) is 24.4. The molecule has 1 N–H and O–H groups in total. The zero-order valence-corrected chi connectivity index (χ0v) is 10.3. The summed E-state index contributed by atoms with van der Waals surface area (Å²) in [6, 6.07) is 7.07. The molecule has 0 aromatic heterocycles. The SMILES string of the molecule is CC(=O)c1ccccc1OCCN1CCNC1=O. The summed E-state index contributed by atoms with van der Waals surface area (Å²) in [5.74, 6) is 0.550. The van der Waals surface area contributed by atoms with Gasteiger partial charge in [0.15, 0.2) is 5.78 Å². The number of benzene rings is 1. The lowest BCUT2D eigenvalue weighted by molar-refractivity contribution is 0.101. The normalized spacial score (nSPS) is 14.5. The van der Waals surface area contributed by atoms with Crippen molar-refractivity contribution in [2.45, 2.75) is 6.92 Å². The quantitative estimate of drug-likeness (QED) is 0.799. The number of carbonyl (C=O) groups excluding carboxylic acids is 2. The second-order valence-electron chi connectivity index (χ2n) is 4.12. The van der Waals surface area contributed by atoms with Crippen LogP contribution in [0.15, 0.2) is 24.3 Å². The number of rotatable bonds is 5. The molecule has 0 spiro atoms. The number of amides is 2. The van der Waals surface area contributed by atoms with Gasteiger partial charge in [-0.3, -0.25) is 4.79 Å². The Labute approximate surface area is 106 Å². The highest BCUT2D eigenvalue weighted by Gasteiger charge is 2.18. The molecule has 5 heteroatoms. The molecule has 1 saturated heterocycles. The lowest BCUT2D eigenvalue weighted by atomic mass is 10.1. The summed E-state index contributed by atoms with van der Waals surface area (Å²) in [6.45, 7) is 3.81. The maximum atomic E-state index is 11.4. The van der Waals surface area contributed by atoms with Crippen molar-refractivity contribution in [2.75, 3.05) is 26.2 Å². The second kappa shape index (κ2) is 5.53. The van der Waals surface area contributed by atoms with E-state index in [2.05, 4.69) is 5.32 Å². The molecular weight excluding hydrogens is 232 g/mol. The lowest BCUT2D eigenvalue weighted by Gasteiger charge is -2.15. The van der Waals surface area contributed by atoms with Gasteiger partial charge in [0.25, 0.3) is 0 Å². The molecular formula is C13H16N2O3. The van der Waals surface area contributed by atoms with E-state index >= 15 is 0 Å². The molecule has 1 aromatic rings. The number of urea groups is 1. The third kappa shape index (κ3) is 2.80. The summed E-state index contributed by atoms with van der Waals surface area (Å²) < 4.78 is 5.57. The summed E-state index contributed by atoms with van der Waals surface area (Å²) in [5.41, 5.74) is 0.573. The van der Waals surface area contributed by atoms with Crippen molar-refractivity contribution in [2.24, 2.45) is 0 Å². The highest BCUT2D eigenvalue weighted by Crippen LogP contribution is 2.18. The van der Waals surface area contributed by atoms with Crippen molar-refractivity contribution < 1.29 is 14.3 Å². The van der Waals surface area contributed by atoms with Crippen molar-refractivity contribution in [3.63, 3.8) is 0 Å². The molecule has 1 aromatic carbocycles. The van der Waals surface area contributed by atoms with Gasteiger partial charge in [0.2, 0.25) is 0 Å². The predicted octanol–water partition coefficient (Wildman–Crippen LogP) is 1.29. The molecule has 2 amide bonds. The van der Waals surface area contributed by atoms with E-state index in [0.29, 0.717) is 37.6 Å². The Balaban J connectivity index is 1.90. The molecule has 5 nitrogen and oxygen atoms in total. The van der Waals surface area contributed by atoms with Gasteiger partial charge < -0.3 is 15.0 Å². The Morgan fingerprint density at radius 3 is 2.89 bits per heavy atom. The van der Waals surface area contributed by atoms with Crippen LogP contribution in [-0.4, -0.2) is 43.0 Å². The van der Waals surface area contributed by atoms with Crippen LogP contribution < -0.4 is 10.1 Å². The van der Waals surface area contributed by atoms with Gasteiger partial charge >= 0.3 is 6.03 Å². The highest BCUT2D eigenvalue weighted by atomic mass is 16.5. The van der Waals surface area contributed by atoms with E-state index in [1.165, 1.54) is 6.92 Å². The highest BCUT2D eigenvalue weighted by molar-refractivity contribution is 5.96. The number of Topliss-reactive ketones (excluding diaryl/α,β-unsaturated/α-hetero) is 1. The van der Waals surface area contributed by atoms with Crippen LogP contribution in [0.2, 0.25) is 0 Å². The van der Waals surface area contributed by atoms with Gasteiger partial charge in [-0.05, 0) is 19.1 Å². The molecule has 0 bridgehead atoms. The monoisotopic (exact) mass is 248 g/mol. The molecule has 0 radical (unpaired) electrons. The van der Waals surface area contributed by atoms with Crippen LogP contribution >= 0.6 is 0 Å². The Hall–Kier alpha value is -2.04. The van der Waals surface area contributed by atoms with Crippen LogP contribution in [0.25, 0.3) is 0 Å². The zero-order chi connectivity index (χ0) is 13.0. The number of hydrogen-bond donors (Lipinski definition) is 1. The number of ether oxygens (including phenoxy) is 1. The second-order valence-corrected chi connectivity index (χ2v) is 4.12. The Kier molecular flexibility index (Phi) is 3.82. The fraction of sp³-hybridized carbons (Fsp3) is 0.385. The van der Waals surface area contributed by atoms with Gasteiger partial charge in [0, 0.05) is 13.1 Å². The van der Waals surface area contributed by atoms with E-state index in [0.717, 1.165) is 0 Å². The molecule has 96 valence electrons. The summed E-state index contributed by atoms with van der Waals surface area (Å²) >= 11 is 0. The molecule has 18 heavy (non-hydrogen) atoms. The molecule has 0 unspecified atom stereocenters. The van der Waals surface area contributed by atoms with E-state index < -0.39 is 0 Å². The van der Waals surface area contributed by atoms with Crippen molar-refractivity contribution in [3.8, 4) is 5.75 Å². The fourth-order valence-electron chi connectivity index (χ4n) is 1.87. The number of para-hydroxylation sites is 1. The van der Waals surface area contributed by atoms with Crippen molar-refractivity contribution >= 4 is 11.8 Å². The number of nitrogens with one attached hydrogen (secondary N) is 1. The average molecular weight is 248 g/mol. The predicted molar refractivity (Wildman–Crippen MR) is 66.9 cm³/mol. The van der Waals surface area contributed by atoms with Crippen molar-refractivity contribution in [1.29, 1.82) is 0 Å². The van der Waals surface area contributed by atoms with Crippen LogP contribution in [0.4, 0.5) is 4.79 Å².